The van der Waals surface area contributed by atoms with Crippen molar-refractivity contribution in [1.29, 1.82) is 0 Å². The van der Waals surface area contributed by atoms with Gasteiger partial charge < -0.3 is 21.2 Å². The molecule has 19 heavy (non-hydrogen) atoms. The Bertz CT molecular complexity index is 415. The van der Waals surface area contributed by atoms with Crippen molar-refractivity contribution in [3.8, 4) is 0 Å². The highest BCUT2D eigenvalue weighted by molar-refractivity contribution is 6.07. The molecule has 0 spiro atoms. The van der Waals surface area contributed by atoms with E-state index in [4.69, 9.17) is 10.9 Å². The average Bonchev–Trinajstić information content (AvgIpc) is 2.57. The molecule has 0 aromatic heterocycles. The first-order chi connectivity index (χ1) is 8.99. The summed E-state index contributed by atoms with van der Waals surface area (Å²) in [6.07, 6.45) is 1.49. The Morgan fingerprint density at radius 3 is 2.79 bits per heavy atom. The maximum atomic E-state index is 12.6. The fraction of sp³-hybridized carbons (Fsp3) is 0.750. The summed E-state index contributed by atoms with van der Waals surface area (Å²) in [5.74, 6) is 0.197. The zero-order valence-electron chi connectivity index (χ0n) is 11.1. The van der Waals surface area contributed by atoms with Gasteiger partial charge in [0.2, 0.25) is 11.8 Å². The second-order valence-corrected chi connectivity index (χ2v) is 5.47. The van der Waals surface area contributed by atoms with Crippen molar-refractivity contribution in [3.63, 3.8) is 0 Å². The van der Waals surface area contributed by atoms with Crippen molar-refractivity contribution in [2.75, 3.05) is 19.6 Å². The molecule has 0 bridgehead atoms. The first-order valence-electron chi connectivity index (χ1n) is 6.53. The number of nitrogens with two attached hydrogens (primary N) is 1. The van der Waals surface area contributed by atoms with E-state index in [0.29, 0.717) is 44.8 Å². The first-order valence-corrected chi connectivity index (χ1v) is 6.53. The number of carbonyl (C=O) groups is 2. The highest BCUT2D eigenvalue weighted by Crippen LogP contribution is 2.47. The van der Waals surface area contributed by atoms with Crippen LogP contribution in [0, 0.1) is 11.3 Å². The third kappa shape index (κ3) is 2.36. The maximum Gasteiger partial charge on any atom is 0.236 e. The lowest BCUT2D eigenvalue weighted by Crippen LogP contribution is -2.58. The minimum atomic E-state index is -0.873. The van der Waals surface area contributed by atoms with Crippen LogP contribution in [0.2, 0.25) is 0 Å². The lowest BCUT2D eigenvalue weighted by molar-refractivity contribution is -0.144. The second kappa shape index (κ2) is 5.07. The number of hydrogen-bond donors (Lipinski definition) is 3. The van der Waals surface area contributed by atoms with Gasteiger partial charge in [-0.3, -0.25) is 9.59 Å². The number of nitrogens with one attached hydrogen (secondary N) is 1. The minimum absolute atomic E-state index is 0.0147. The molecule has 7 nitrogen and oxygen atoms in total. The number of amidine groups is 1. The summed E-state index contributed by atoms with van der Waals surface area (Å²) in [5.41, 5.74) is 4.85. The van der Waals surface area contributed by atoms with E-state index in [1.54, 1.807) is 4.90 Å². The zero-order chi connectivity index (χ0) is 14.0. The van der Waals surface area contributed by atoms with E-state index in [1.165, 1.54) is 0 Å². The lowest BCUT2D eigenvalue weighted by atomic mass is 9.61. The normalized spacial score (nSPS) is 32.3. The molecule has 2 amide bonds. The molecule has 0 unspecified atom stereocenters. The summed E-state index contributed by atoms with van der Waals surface area (Å²) in [6.45, 7) is 3.34. The molecular formula is C12H20N4O3. The standard InChI is InChI=1S/C12H20N4O3/c1-8-6-12(7-8,10(13)15-19)11(18)16-4-2-9(17)14-3-5-16/h8,19H,2-7H2,1H3,(H2,13,15)(H,14,17). The minimum Gasteiger partial charge on any atom is -0.409 e. The van der Waals surface area contributed by atoms with Crippen molar-refractivity contribution in [1.82, 2.24) is 10.2 Å². The van der Waals surface area contributed by atoms with Crippen LogP contribution in [0.5, 0.6) is 0 Å². The van der Waals surface area contributed by atoms with Gasteiger partial charge in [-0.25, -0.2) is 0 Å². The van der Waals surface area contributed by atoms with Crippen LogP contribution in [0.25, 0.3) is 0 Å². The summed E-state index contributed by atoms with van der Waals surface area (Å²) >= 11 is 0. The molecule has 7 heteroatoms. The van der Waals surface area contributed by atoms with Gasteiger partial charge in [-0.2, -0.15) is 0 Å². The van der Waals surface area contributed by atoms with Crippen LogP contribution in [0.15, 0.2) is 5.16 Å². The zero-order valence-corrected chi connectivity index (χ0v) is 11.1. The molecule has 2 rings (SSSR count). The smallest absolute Gasteiger partial charge is 0.236 e. The predicted octanol–water partition coefficient (Wildman–Crippen LogP) is -0.502. The molecule has 1 heterocycles. The highest BCUT2D eigenvalue weighted by Gasteiger charge is 2.53. The largest absolute Gasteiger partial charge is 0.409 e. The summed E-state index contributed by atoms with van der Waals surface area (Å²) in [7, 11) is 0. The predicted molar refractivity (Wildman–Crippen MR) is 68.4 cm³/mol. The Morgan fingerprint density at radius 1 is 1.53 bits per heavy atom. The average molecular weight is 268 g/mol. The number of carbonyl (C=O) groups excluding carboxylic acids is 2. The molecule has 0 atom stereocenters. The van der Waals surface area contributed by atoms with Gasteiger partial charge >= 0.3 is 0 Å². The number of oxime groups is 1. The SMILES string of the molecule is CC1CC(C(=O)N2CCNC(=O)CC2)(C(N)=NO)C1. The fourth-order valence-corrected chi connectivity index (χ4v) is 2.99. The molecule has 0 aromatic carbocycles. The van der Waals surface area contributed by atoms with Crippen molar-refractivity contribution in [2.45, 2.75) is 26.2 Å². The number of amides is 2. The topological polar surface area (TPSA) is 108 Å². The fourth-order valence-electron chi connectivity index (χ4n) is 2.99. The molecule has 106 valence electrons. The molecule has 1 aliphatic heterocycles. The molecule has 1 saturated heterocycles. The van der Waals surface area contributed by atoms with Crippen LogP contribution in [-0.2, 0) is 9.59 Å². The van der Waals surface area contributed by atoms with E-state index < -0.39 is 5.41 Å². The summed E-state index contributed by atoms with van der Waals surface area (Å²) in [5, 5.41) is 14.7. The van der Waals surface area contributed by atoms with Crippen molar-refractivity contribution < 1.29 is 14.8 Å². The Kier molecular flexibility index (Phi) is 3.64. The van der Waals surface area contributed by atoms with Gasteiger partial charge in [-0.15, -0.1) is 0 Å². The van der Waals surface area contributed by atoms with Crippen LogP contribution in [-0.4, -0.2) is 47.4 Å². The molecule has 1 saturated carbocycles. The molecular weight excluding hydrogens is 248 g/mol. The Hall–Kier alpha value is -1.79. The second-order valence-electron chi connectivity index (χ2n) is 5.47. The Balaban J connectivity index is 2.14. The van der Waals surface area contributed by atoms with Gasteiger partial charge in [-0.1, -0.05) is 12.1 Å². The van der Waals surface area contributed by atoms with E-state index in [1.807, 2.05) is 6.92 Å². The molecule has 4 N–H and O–H groups in total. The number of rotatable bonds is 2. The van der Waals surface area contributed by atoms with Crippen LogP contribution in [0.1, 0.15) is 26.2 Å². The van der Waals surface area contributed by atoms with E-state index in [-0.39, 0.29) is 17.6 Å². The van der Waals surface area contributed by atoms with Crippen molar-refractivity contribution in [3.05, 3.63) is 0 Å². The third-order valence-corrected chi connectivity index (χ3v) is 4.00. The third-order valence-electron chi connectivity index (χ3n) is 4.00. The van der Waals surface area contributed by atoms with Gasteiger partial charge in [0.15, 0.2) is 5.84 Å². The lowest BCUT2D eigenvalue weighted by Gasteiger charge is -2.46. The van der Waals surface area contributed by atoms with Crippen molar-refractivity contribution >= 4 is 17.6 Å². The molecule has 0 radical (unpaired) electrons. The number of hydrogen-bond acceptors (Lipinski definition) is 4. The van der Waals surface area contributed by atoms with Gasteiger partial charge in [-0.05, 0) is 18.8 Å². The molecule has 2 fully saturated rings. The maximum absolute atomic E-state index is 12.6. The monoisotopic (exact) mass is 268 g/mol. The van der Waals surface area contributed by atoms with Crippen LogP contribution < -0.4 is 11.1 Å². The van der Waals surface area contributed by atoms with Crippen LogP contribution >= 0.6 is 0 Å². The van der Waals surface area contributed by atoms with E-state index in [9.17, 15) is 9.59 Å². The van der Waals surface area contributed by atoms with Gasteiger partial charge in [0.1, 0.15) is 5.41 Å². The van der Waals surface area contributed by atoms with Gasteiger partial charge in [0.25, 0.3) is 0 Å². The van der Waals surface area contributed by atoms with Crippen LogP contribution in [0.4, 0.5) is 0 Å². The Morgan fingerprint density at radius 2 is 2.21 bits per heavy atom. The first kappa shape index (κ1) is 13.6. The molecule has 1 aliphatic carbocycles. The van der Waals surface area contributed by atoms with E-state index >= 15 is 0 Å². The quantitative estimate of drug-likeness (QED) is 0.271. The summed E-state index contributed by atoms with van der Waals surface area (Å²) < 4.78 is 0. The van der Waals surface area contributed by atoms with Gasteiger partial charge in [0, 0.05) is 26.1 Å². The van der Waals surface area contributed by atoms with E-state index in [0.717, 1.165) is 0 Å². The molecule has 2 aliphatic rings. The molecule has 0 aromatic rings. The number of nitrogens with zero attached hydrogens (tertiary/aromatic N) is 2. The van der Waals surface area contributed by atoms with Crippen LogP contribution in [0.3, 0.4) is 0 Å². The summed E-state index contributed by atoms with van der Waals surface area (Å²) in [6, 6.07) is 0. The van der Waals surface area contributed by atoms with Crippen molar-refractivity contribution in [2.24, 2.45) is 22.2 Å². The Labute approximate surface area is 111 Å². The van der Waals surface area contributed by atoms with Gasteiger partial charge in [0.05, 0.1) is 0 Å². The van der Waals surface area contributed by atoms with E-state index in [2.05, 4.69) is 10.5 Å². The summed E-state index contributed by atoms with van der Waals surface area (Å²) in [4.78, 5) is 25.6. The highest BCUT2D eigenvalue weighted by atomic mass is 16.4.